The van der Waals surface area contributed by atoms with Crippen molar-refractivity contribution in [1.82, 2.24) is 5.32 Å². The molecule has 0 aliphatic carbocycles. The number of nitrogens with one attached hydrogen (secondary N) is 1. The van der Waals surface area contributed by atoms with Crippen molar-refractivity contribution in [2.45, 2.75) is 6.92 Å². The maximum atomic E-state index is 10.7. The number of amides is 1. The Hall–Kier alpha value is -1.83. The summed E-state index contributed by atoms with van der Waals surface area (Å²) in [6.45, 7) is 5.56. The molecule has 14 heavy (non-hydrogen) atoms. The van der Waals surface area contributed by atoms with Crippen LogP contribution in [0.2, 0.25) is 0 Å². The summed E-state index contributed by atoms with van der Waals surface area (Å²) in [5, 5.41) is 10.6. The first-order valence-corrected chi connectivity index (χ1v) is 4.07. The molecule has 1 unspecified atom stereocenters. The van der Waals surface area contributed by atoms with Crippen LogP contribution in [0.25, 0.3) is 0 Å². The number of hydrogen-bond acceptors (Lipinski definition) is 4. The molecule has 1 N–H and O–H groups in total. The second-order valence-corrected chi connectivity index (χ2v) is 2.76. The molecular weight excluding hydrogens is 184 g/mol. The molecule has 0 saturated heterocycles. The number of carbonyl (C=O) groups is 2. The molecule has 5 nitrogen and oxygen atoms in total. The molecule has 0 heterocycles. The minimum atomic E-state index is -0.910. The Morgan fingerprint density at radius 2 is 2.36 bits per heavy atom. The normalized spacial score (nSPS) is 10.9. The van der Waals surface area contributed by atoms with Gasteiger partial charge in [0.25, 0.3) is 0 Å². The van der Waals surface area contributed by atoms with Gasteiger partial charge in [-0.25, -0.2) is 4.79 Å². The number of esters is 1. The van der Waals surface area contributed by atoms with Crippen LogP contribution in [0.15, 0.2) is 12.7 Å². The molecule has 0 radical (unpaired) electrons. The van der Waals surface area contributed by atoms with E-state index in [1.54, 1.807) is 6.92 Å². The first-order chi connectivity index (χ1) is 6.60. The Kier molecular flexibility index (Phi) is 5.79. The summed E-state index contributed by atoms with van der Waals surface area (Å²) in [5.41, 5.74) is 0. The van der Waals surface area contributed by atoms with E-state index in [4.69, 9.17) is 5.26 Å². The zero-order chi connectivity index (χ0) is 11.0. The van der Waals surface area contributed by atoms with Crippen molar-refractivity contribution in [3.63, 3.8) is 0 Å². The second kappa shape index (κ2) is 6.66. The van der Waals surface area contributed by atoms with Gasteiger partial charge >= 0.3 is 5.97 Å². The average Bonchev–Trinajstić information content (AvgIpc) is 2.22. The number of hydrogen-bond donors (Lipinski definition) is 1. The first-order valence-electron chi connectivity index (χ1n) is 4.07. The van der Waals surface area contributed by atoms with Crippen LogP contribution in [-0.4, -0.2) is 25.0 Å². The number of rotatable bonds is 5. The summed E-state index contributed by atoms with van der Waals surface area (Å²) in [7, 11) is 0. The minimum Gasteiger partial charge on any atom is -0.454 e. The first kappa shape index (κ1) is 12.2. The molecule has 0 saturated carbocycles. The smallest absolute Gasteiger partial charge is 0.411 e. The number of nitrogens with zero attached hydrogens (tertiary/aromatic N) is 1. The van der Waals surface area contributed by atoms with Crippen molar-refractivity contribution < 1.29 is 14.3 Å². The highest BCUT2D eigenvalue weighted by Crippen LogP contribution is 1.93. The van der Waals surface area contributed by atoms with Crippen LogP contribution in [-0.2, 0) is 14.3 Å². The molecule has 1 amide bonds. The van der Waals surface area contributed by atoms with E-state index < -0.39 is 5.97 Å². The lowest BCUT2D eigenvalue weighted by Crippen LogP contribution is -2.28. The monoisotopic (exact) mass is 196 g/mol. The van der Waals surface area contributed by atoms with Gasteiger partial charge in [0.05, 0.1) is 6.61 Å². The molecule has 0 spiro atoms. The highest BCUT2D eigenvalue weighted by Gasteiger charge is 2.06. The Labute approximate surface area is 82.3 Å². The Bertz CT molecular complexity index is 268. The molecule has 0 rings (SSSR count). The van der Waals surface area contributed by atoms with Crippen LogP contribution in [0, 0.1) is 17.2 Å². The number of ether oxygens (including phenoxy) is 1. The summed E-state index contributed by atoms with van der Waals surface area (Å²) in [6.07, 6.45) is 1.16. The summed E-state index contributed by atoms with van der Waals surface area (Å²) in [5.74, 6) is -1.22. The zero-order valence-electron chi connectivity index (χ0n) is 7.95. The Morgan fingerprint density at radius 3 is 2.86 bits per heavy atom. The molecule has 0 aromatic carbocycles. The standard InChI is InChI=1S/C9H12N2O3/c1-3-8(12)11-5-7(2)6-14-9(13)4-10/h3,7H,1,5-6H2,2H3,(H,11,12). The van der Waals surface area contributed by atoms with Crippen molar-refractivity contribution in [2.24, 2.45) is 5.92 Å². The van der Waals surface area contributed by atoms with Gasteiger partial charge in [-0.05, 0) is 6.08 Å². The quantitative estimate of drug-likeness (QED) is 0.381. The van der Waals surface area contributed by atoms with Gasteiger partial charge in [-0.3, -0.25) is 4.79 Å². The third-order valence-corrected chi connectivity index (χ3v) is 1.40. The third-order valence-electron chi connectivity index (χ3n) is 1.40. The predicted molar refractivity (Wildman–Crippen MR) is 48.9 cm³/mol. The van der Waals surface area contributed by atoms with E-state index in [9.17, 15) is 9.59 Å². The number of nitriles is 1. The van der Waals surface area contributed by atoms with Crippen LogP contribution in [0.3, 0.4) is 0 Å². The van der Waals surface area contributed by atoms with E-state index in [-0.39, 0.29) is 18.4 Å². The zero-order valence-corrected chi connectivity index (χ0v) is 7.95. The summed E-state index contributed by atoms with van der Waals surface area (Å²) in [4.78, 5) is 21.1. The van der Waals surface area contributed by atoms with Crippen molar-refractivity contribution in [1.29, 1.82) is 5.26 Å². The fraction of sp³-hybridized carbons (Fsp3) is 0.444. The van der Waals surface area contributed by atoms with Gasteiger partial charge in [-0.15, -0.1) is 0 Å². The second-order valence-electron chi connectivity index (χ2n) is 2.76. The van der Waals surface area contributed by atoms with Crippen LogP contribution < -0.4 is 5.32 Å². The Balaban J connectivity index is 3.61. The highest BCUT2D eigenvalue weighted by atomic mass is 16.5. The third kappa shape index (κ3) is 5.77. The van der Waals surface area contributed by atoms with Gasteiger partial charge in [0.2, 0.25) is 5.91 Å². The van der Waals surface area contributed by atoms with Gasteiger partial charge in [0.15, 0.2) is 6.07 Å². The van der Waals surface area contributed by atoms with E-state index in [1.807, 2.05) is 0 Å². The molecule has 0 fully saturated rings. The van der Waals surface area contributed by atoms with Crippen molar-refractivity contribution in [2.75, 3.05) is 13.2 Å². The largest absolute Gasteiger partial charge is 0.454 e. The van der Waals surface area contributed by atoms with Crippen molar-refractivity contribution in [3.8, 4) is 6.07 Å². The highest BCUT2D eigenvalue weighted by molar-refractivity contribution is 5.86. The average molecular weight is 196 g/mol. The molecule has 0 bridgehead atoms. The molecule has 1 atom stereocenters. The van der Waals surface area contributed by atoms with E-state index in [0.29, 0.717) is 6.54 Å². The minimum absolute atomic E-state index is 0.0313. The topological polar surface area (TPSA) is 79.2 Å². The molecule has 0 aromatic rings. The lowest BCUT2D eigenvalue weighted by Gasteiger charge is -2.10. The SMILES string of the molecule is C=CC(=O)NCC(C)COC(=O)C#N. The lowest BCUT2D eigenvalue weighted by molar-refractivity contribution is -0.138. The van der Waals surface area contributed by atoms with Gasteiger partial charge in [0.1, 0.15) is 0 Å². The molecule has 0 aromatic heterocycles. The fourth-order valence-corrected chi connectivity index (χ4v) is 0.656. The van der Waals surface area contributed by atoms with Gasteiger partial charge in [-0.1, -0.05) is 13.5 Å². The fourth-order valence-electron chi connectivity index (χ4n) is 0.656. The molecular formula is C9H12N2O3. The maximum Gasteiger partial charge on any atom is 0.411 e. The van der Waals surface area contributed by atoms with E-state index in [0.717, 1.165) is 6.08 Å². The van der Waals surface area contributed by atoms with E-state index in [2.05, 4.69) is 16.6 Å². The van der Waals surface area contributed by atoms with Crippen molar-refractivity contribution >= 4 is 11.9 Å². The van der Waals surface area contributed by atoms with E-state index in [1.165, 1.54) is 6.07 Å². The number of carbonyl (C=O) groups excluding carboxylic acids is 2. The van der Waals surface area contributed by atoms with Gasteiger partial charge in [-0.2, -0.15) is 5.26 Å². The van der Waals surface area contributed by atoms with Crippen LogP contribution in [0.1, 0.15) is 6.92 Å². The predicted octanol–water partition coefficient (Wildman–Crippen LogP) is -0.00852. The summed E-state index contributed by atoms with van der Waals surface area (Å²) >= 11 is 0. The van der Waals surface area contributed by atoms with Crippen LogP contribution in [0.4, 0.5) is 0 Å². The van der Waals surface area contributed by atoms with Gasteiger partial charge in [0, 0.05) is 12.5 Å². The van der Waals surface area contributed by atoms with Gasteiger partial charge < -0.3 is 10.1 Å². The molecule has 5 heteroatoms. The van der Waals surface area contributed by atoms with Crippen LogP contribution >= 0.6 is 0 Å². The summed E-state index contributed by atoms with van der Waals surface area (Å²) in [6, 6.07) is 1.33. The maximum absolute atomic E-state index is 10.7. The molecule has 76 valence electrons. The molecule has 0 aliphatic heterocycles. The van der Waals surface area contributed by atoms with Crippen LogP contribution in [0.5, 0.6) is 0 Å². The Morgan fingerprint density at radius 1 is 1.71 bits per heavy atom. The summed E-state index contributed by atoms with van der Waals surface area (Å²) < 4.78 is 4.54. The lowest BCUT2D eigenvalue weighted by atomic mass is 10.2. The van der Waals surface area contributed by atoms with E-state index >= 15 is 0 Å². The van der Waals surface area contributed by atoms with Crippen molar-refractivity contribution in [3.05, 3.63) is 12.7 Å². The molecule has 0 aliphatic rings.